The van der Waals surface area contributed by atoms with Gasteiger partial charge in [-0.2, -0.15) is 5.10 Å². The van der Waals surface area contributed by atoms with Crippen molar-refractivity contribution < 1.29 is 4.79 Å². The lowest BCUT2D eigenvalue weighted by atomic mass is 9.77. The van der Waals surface area contributed by atoms with Crippen molar-refractivity contribution in [2.24, 2.45) is 11.1 Å². The van der Waals surface area contributed by atoms with Crippen molar-refractivity contribution in [3.05, 3.63) is 15.9 Å². The molecule has 0 aliphatic carbocycles. The second kappa shape index (κ2) is 6.66. The minimum Gasteiger partial charge on any atom is -0.329 e. The van der Waals surface area contributed by atoms with Gasteiger partial charge in [0.1, 0.15) is 5.78 Å². The molecule has 0 bridgehead atoms. The highest BCUT2D eigenvalue weighted by atomic mass is 79.9. The maximum Gasteiger partial charge on any atom is 0.146 e. The minimum atomic E-state index is -0.393. The van der Waals surface area contributed by atoms with Gasteiger partial charge < -0.3 is 5.73 Å². The van der Waals surface area contributed by atoms with Crippen LogP contribution in [0.25, 0.3) is 0 Å². The van der Waals surface area contributed by atoms with Gasteiger partial charge in [0.05, 0.1) is 22.3 Å². The van der Waals surface area contributed by atoms with E-state index in [2.05, 4.69) is 21.0 Å². The molecule has 1 aromatic rings. The SMILES string of the molecule is CCn1nc(C)c(Br)c1CC(=O)C(CC)(CC)CN. The van der Waals surface area contributed by atoms with Crippen LogP contribution in [0.2, 0.25) is 0 Å². The molecule has 108 valence electrons. The number of carbonyl (C=O) groups excluding carboxylic acids is 1. The average Bonchev–Trinajstić information content (AvgIpc) is 2.69. The standard InChI is InChI=1S/C14H24BrN3O/c1-5-14(6-2,9-16)12(19)8-11-13(15)10(4)17-18(11)7-3/h5-9,16H2,1-4H3. The van der Waals surface area contributed by atoms with E-state index in [-0.39, 0.29) is 5.78 Å². The Balaban J connectivity index is 3.05. The molecule has 0 unspecified atom stereocenters. The summed E-state index contributed by atoms with van der Waals surface area (Å²) in [5, 5.41) is 4.43. The van der Waals surface area contributed by atoms with Crippen LogP contribution >= 0.6 is 15.9 Å². The lowest BCUT2D eigenvalue weighted by Crippen LogP contribution is -2.39. The quantitative estimate of drug-likeness (QED) is 0.836. The van der Waals surface area contributed by atoms with Gasteiger partial charge in [0.2, 0.25) is 0 Å². The fourth-order valence-corrected chi connectivity index (χ4v) is 2.85. The topological polar surface area (TPSA) is 60.9 Å². The van der Waals surface area contributed by atoms with E-state index >= 15 is 0 Å². The Hall–Kier alpha value is -0.680. The van der Waals surface area contributed by atoms with Crippen molar-refractivity contribution in [1.82, 2.24) is 9.78 Å². The Bertz CT molecular complexity index is 442. The molecule has 0 aromatic carbocycles. The lowest BCUT2D eigenvalue weighted by molar-refractivity contribution is -0.128. The maximum atomic E-state index is 12.6. The summed E-state index contributed by atoms with van der Waals surface area (Å²) in [4.78, 5) is 12.6. The average molecular weight is 330 g/mol. The van der Waals surface area contributed by atoms with Gasteiger partial charge in [-0.1, -0.05) is 13.8 Å². The zero-order valence-electron chi connectivity index (χ0n) is 12.3. The second-order valence-electron chi connectivity index (χ2n) is 4.95. The molecule has 0 spiro atoms. The Morgan fingerprint density at radius 3 is 2.37 bits per heavy atom. The van der Waals surface area contributed by atoms with E-state index in [1.165, 1.54) is 0 Å². The largest absolute Gasteiger partial charge is 0.329 e. The number of hydrogen-bond donors (Lipinski definition) is 1. The molecule has 0 atom stereocenters. The molecule has 1 aromatic heterocycles. The summed E-state index contributed by atoms with van der Waals surface area (Å²) in [6.45, 7) is 9.22. The van der Waals surface area contributed by atoms with Crippen molar-refractivity contribution in [2.45, 2.75) is 53.5 Å². The van der Waals surface area contributed by atoms with Crippen LogP contribution in [0.4, 0.5) is 0 Å². The van der Waals surface area contributed by atoms with Gasteiger partial charge in [-0.25, -0.2) is 0 Å². The Morgan fingerprint density at radius 1 is 1.37 bits per heavy atom. The first-order valence-corrected chi connectivity index (χ1v) is 7.70. The Morgan fingerprint density at radius 2 is 1.95 bits per heavy atom. The number of hydrogen-bond acceptors (Lipinski definition) is 3. The number of nitrogens with zero attached hydrogens (tertiary/aromatic N) is 2. The monoisotopic (exact) mass is 329 g/mol. The van der Waals surface area contributed by atoms with Crippen LogP contribution in [-0.2, 0) is 17.8 Å². The molecular formula is C14H24BrN3O. The molecule has 1 rings (SSSR count). The van der Waals surface area contributed by atoms with Crippen LogP contribution in [0.1, 0.15) is 45.0 Å². The van der Waals surface area contributed by atoms with Crippen molar-refractivity contribution >= 4 is 21.7 Å². The number of aryl methyl sites for hydroxylation is 2. The first-order chi connectivity index (χ1) is 8.95. The number of halogens is 1. The van der Waals surface area contributed by atoms with Crippen LogP contribution in [0.3, 0.4) is 0 Å². The van der Waals surface area contributed by atoms with Gasteiger partial charge in [0.15, 0.2) is 0 Å². The summed E-state index contributed by atoms with van der Waals surface area (Å²) in [6.07, 6.45) is 1.97. The summed E-state index contributed by atoms with van der Waals surface area (Å²) in [6, 6.07) is 0. The first-order valence-electron chi connectivity index (χ1n) is 6.90. The molecule has 0 fully saturated rings. The third-order valence-corrected chi connectivity index (χ3v) is 5.15. The van der Waals surface area contributed by atoms with Crippen LogP contribution in [0, 0.1) is 12.3 Å². The fraction of sp³-hybridized carbons (Fsp3) is 0.714. The number of nitrogens with two attached hydrogens (primary N) is 1. The van der Waals surface area contributed by atoms with Gasteiger partial charge >= 0.3 is 0 Å². The van der Waals surface area contributed by atoms with Gasteiger partial charge in [-0.15, -0.1) is 0 Å². The van der Waals surface area contributed by atoms with Crippen molar-refractivity contribution in [3.63, 3.8) is 0 Å². The zero-order valence-corrected chi connectivity index (χ0v) is 13.9. The predicted octanol–water partition coefficient (Wildman–Crippen LogP) is 2.85. The summed E-state index contributed by atoms with van der Waals surface area (Å²) in [7, 11) is 0. The summed E-state index contributed by atoms with van der Waals surface area (Å²) >= 11 is 3.54. The molecule has 0 aliphatic rings. The number of aromatic nitrogens is 2. The predicted molar refractivity (Wildman–Crippen MR) is 81.1 cm³/mol. The zero-order chi connectivity index (χ0) is 14.6. The molecule has 0 saturated heterocycles. The third kappa shape index (κ3) is 3.08. The molecule has 1 heterocycles. The van der Waals surface area contributed by atoms with Crippen molar-refractivity contribution in [1.29, 1.82) is 0 Å². The molecule has 2 N–H and O–H groups in total. The van der Waals surface area contributed by atoms with Crippen LogP contribution < -0.4 is 5.73 Å². The lowest BCUT2D eigenvalue weighted by Gasteiger charge is -2.28. The first kappa shape index (κ1) is 16.4. The third-order valence-electron chi connectivity index (χ3n) is 4.12. The summed E-state index contributed by atoms with van der Waals surface area (Å²) < 4.78 is 2.84. The normalized spacial score (nSPS) is 11.9. The molecule has 0 saturated carbocycles. The van der Waals surface area contributed by atoms with E-state index in [1.807, 2.05) is 32.4 Å². The number of carbonyl (C=O) groups is 1. The van der Waals surface area contributed by atoms with Crippen molar-refractivity contribution in [2.75, 3.05) is 6.54 Å². The van der Waals surface area contributed by atoms with Crippen LogP contribution in [0.15, 0.2) is 4.47 Å². The van der Waals surface area contributed by atoms with E-state index < -0.39 is 5.41 Å². The Labute approximate surface area is 123 Å². The highest BCUT2D eigenvalue weighted by Gasteiger charge is 2.34. The minimum absolute atomic E-state index is 0.218. The van der Waals surface area contributed by atoms with E-state index in [0.29, 0.717) is 13.0 Å². The molecule has 0 aliphatic heterocycles. The van der Waals surface area contributed by atoms with E-state index in [1.54, 1.807) is 0 Å². The molecule has 0 radical (unpaired) electrons. The Kier molecular flexibility index (Phi) is 5.74. The smallest absolute Gasteiger partial charge is 0.146 e. The van der Waals surface area contributed by atoms with Gasteiger partial charge in [0.25, 0.3) is 0 Å². The molecule has 5 heteroatoms. The van der Waals surface area contributed by atoms with Gasteiger partial charge in [-0.05, 0) is 42.6 Å². The summed E-state index contributed by atoms with van der Waals surface area (Å²) in [5.74, 6) is 0.218. The highest BCUT2D eigenvalue weighted by molar-refractivity contribution is 9.10. The summed E-state index contributed by atoms with van der Waals surface area (Å²) in [5.41, 5.74) is 7.34. The highest BCUT2D eigenvalue weighted by Crippen LogP contribution is 2.30. The number of ketones is 1. The number of Topliss-reactive ketones (excluding diaryl/α,β-unsaturated/α-hetero) is 1. The van der Waals surface area contributed by atoms with Gasteiger partial charge in [0, 0.05) is 18.5 Å². The maximum absolute atomic E-state index is 12.6. The second-order valence-corrected chi connectivity index (χ2v) is 5.75. The van der Waals surface area contributed by atoms with E-state index in [4.69, 9.17) is 5.73 Å². The molecule has 19 heavy (non-hydrogen) atoms. The molecule has 4 nitrogen and oxygen atoms in total. The van der Waals surface area contributed by atoms with E-state index in [0.717, 1.165) is 35.2 Å². The van der Waals surface area contributed by atoms with Crippen LogP contribution in [-0.4, -0.2) is 22.1 Å². The van der Waals surface area contributed by atoms with Crippen molar-refractivity contribution in [3.8, 4) is 0 Å². The van der Waals surface area contributed by atoms with Gasteiger partial charge in [-0.3, -0.25) is 9.48 Å². The van der Waals surface area contributed by atoms with Crippen LogP contribution in [0.5, 0.6) is 0 Å². The number of rotatable bonds is 7. The molecular weight excluding hydrogens is 306 g/mol. The fourth-order valence-electron chi connectivity index (χ4n) is 2.42. The molecule has 0 amide bonds. The van der Waals surface area contributed by atoms with E-state index in [9.17, 15) is 4.79 Å².